The molecular weight excluding hydrogens is 438 g/mol. The van der Waals surface area contributed by atoms with E-state index in [0.29, 0.717) is 11.3 Å². The van der Waals surface area contributed by atoms with Crippen molar-refractivity contribution in [3.63, 3.8) is 0 Å². The number of amides is 3. The Labute approximate surface area is 196 Å². The van der Waals surface area contributed by atoms with Crippen LogP contribution in [-0.2, 0) is 16.1 Å². The standard InChI is InChI=1S/C26H22ClN3O3/c1-16-8-6-13-21(17(16)2)29-24(31)19-11-7-12-20(14-19)28-23-22(27)25(32)30(26(23)33)15-18-9-4-3-5-10-18/h3-14,28H,15H2,1-2H3,(H,29,31). The Morgan fingerprint density at radius 3 is 2.39 bits per heavy atom. The maximum atomic E-state index is 12.9. The summed E-state index contributed by atoms with van der Waals surface area (Å²) in [7, 11) is 0. The van der Waals surface area contributed by atoms with Crippen LogP contribution in [0.25, 0.3) is 0 Å². The van der Waals surface area contributed by atoms with E-state index in [1.807, 2.05) is 62.4 Å². The summed E-state index contributed by atoms with van der Waals surface area (Å²) in [6.07, 6.45) is 0. The van der Waals surface area contributed by atoms with Crippen molar-refractivity contribution in [2.45, 2.75) is 20.4 Å². The van der Waals surface area contributed by atoms with E-state index in [-0.39, 0.29) is 23.2 Å². The Hall–Kier alpha value is -3.90. The number of aryl methyl sites for hydroxylation is 1. The number of carbonyl (C=O) groups excluding carboxylic acids is 3. The summed E-state index contributed by atoms with van der Waals surface area (Å²) in [5, 5.41) is 5.66. The van der Waals surface area contributed by atoms with E-state index in [9.17, 15) is 14.4 Å². The maximum absolute atomic E-state index is 12.9. The second kappa shape index (κ2) is 9.30. The summed E-state index contributed by atoms with van der Waals surface area (Å²) in [6, 6.07) is 21.6. The second-order valence-electron chi connectivity index (χ2n) is 7.78. The lowest BCUT2D eigenvalue weighted by atomic mass is 10.1. The zero-order valence-electron chi connectivity index (χ0n) is 18.2. The Bertz CT molecular complexity index is 1280. The van der Waals surface area contributed by atoms with Crippen molar-refractivity contribution in [1.29, 1.82) is 0 Å². The number of hydrogen-bond acceptors (Lipinski definition) is 4. The zero-order chi connectivity index (χ0) is 23.5. The number of hydrogen-bond donors (Lipinski definition) is 2. The van der Waals surface area contributed by atoms with Crippen molar-refractivity contribution in [2.75, 3.05) is 10.6 Å². The number of imide groups is 1. The molecule has 166 valence electrons. The van der Waals surface area contributed by atoms with E-state index in [0.717, 1.165) is 27.3 Å². The third-order valence-electron chi connectivity index (χ3n) is 5.54. The van der Waals surface area contributed by atoms with Crippen LogP contribution in [0.15, 0.2) is 83.5 Å². The predicted molar refractivity (Wildman–Crippen MR) is 129 cm³/mol. The molecule has 1 aliphatic heterocycles. The molecule has 0 aliphatic carbocycles. The molecule has 3 aromatic rings. The highest BCUT2D eigenvalue weighted by molar-refractivity contribution is 6.48. The monoisotopic (exact) mass is 459 g/mol. The first-order valence-electron chi connectivity index (χ1n) is 10.4. The van der Waals surface area contributed by atoms with Gasteiger partial charge in [-0.15, -0.1) is 0 Å². The number of nitrogens with zero attached hydrogens (tertiary/aromatic N) is 1. The van der Waals surface area contributed by atoms with Crippen LogP contribution in [0.4, 0.5) is 11.4 Å². The van der Waals surface area contributed by atoms with Gasteiger partial charge in [0, 0.05) is 16.9 Å². The predicted octanol–water partition coefficient (Wildman–Crippen LogP) is 4.99. The maximum Gasteiger partial charge on any atom is 0.279 e. The summed E-state index contributed by atoms with van der Waals surface area (Å²) in [5.41, 5.74) is 4.48. The van der Waals surface area contributed by atoms with Crippen LogP contribution in [0.3, 0.4) is 0 Å². The van der Waals surface area contributed by atoms with Gasteiger partial charge in [-0.1, -0.05) is 60.1 Å². The molecule has 3 aromatic carbocycles. The first-order valence-corrected chi connectivity index (χ1v) is 10.8. The molecule has 0 aromatic heterocycles. The molecule has 1 heterocycles. The Morgan fingerprint density at radius 1 is 0.909 bits per heavy atom. The molecule has 0 radical (unpaired) electrons. The van der Waals surface area contributed by atoms with Gasteiger partial charge in [-0.25, -0.2) is 0 Å². The van der Waals surface area contributed by atoms with Gasteiger partial charge in [-0.2, -0.15) is 0 Å². The third kappa shape index (κ3) is 4.66. The SMILES string of the molecule is Cc1cccc(NC(=O)c2cccc(NC3=C(Cl)C(=O)N(Cc4ccccc4)C3=O)c2)c1C. The molecule has 0 saturated heterocycles. The van der Waals surface area contributed by atoms with Gasteiger partial charge in [0.15, 0.2) is 0 Å². The van der Waals surface area contributed by atoms with Crippen LogP contribution in [0, 0.1) is 13.8 Å². The molecule has 0 unspecified atom stereocenters. The molecule has 33 heavy (non-hydrogen) atoms. The van der Waals surface area contributed by atoms with Crippen LogP contribution >= 0.6 is 11.6 Å². The fraction of sp³-hybridized carbons (Fsp3) is 0.115. The smallest absolute Gasteiger partial charge is 0.279 e. The van der Waals surface area contributed by atoms with Crippen molar-refractivity contribution in [3.05, 3.63) is 106 Å². The van der Waals surface area contributed by atoms with Crippen molar-refractivity contribution in [3.8, 4) is 0 Å². The molecule has 0 atom stereocenters. The summed E-state index contributed by atoms with van der Waals surface area (Å²) in [6.45, 7) is 4.05. The van der Waals surface area contributed by atoms with Crippen LogP contribution in [0.5, 0.6) is 0 Å². The molecule has 0 spiro atoms. The van der Waals surface area contributed by atoms with Crippen molar-refractivity contribution < 1.29 is 14.4 Å². The molecule has 4 rings (SSSR count). The molecule has 6 nitrogen and oxygen atoms in total. The number of nitrogens with one attached hydrogen (secondary N) is 2. The van der Waals surface area contributed by atoms with Crippen LogP contribution in [0.1, 0.15) is 27.0 Å². The topological polar surface area (TPSA) is 78.5 Å². The lowest BCUT2D eigenvalue weighted by molar-refractivity contribution is -0.138. The van der Waals surface area contributed by atoms with Crippen molar-refractivity contribution in [2.24, 2.45) is 0 Å². The molecule has 0 fully saturated rings. The number of rotatable bonds is 6. The van der Waals surface area contributed by atoms with E-state index >= 15 is 0 Å². The van der Waals surface area contributed by atoms with Gasteiger partial charge in [0.25, 0.3) is 17.7 Å². The summed E-state index contributed by atoms with van der Waals surface area (Å²) < 4.78 is 0. The van der Waals surface area contributed by atoms with Crippen LogP contribution < -0.4 is 10.6 Å². The van der Waals surface area contributed by atoms with E-state index in [2.05, 4.69) is 10.6 Å². The summed E-state index contributed by atoms with van der Waals surface area (Å²) >= 11 is 6.20. The molecule has 0 saturated carbocycles. The Kier molecular flexibility index (Phi) is 6.29. The quantitative estimate of drug-likeness (QED) is 0.509. The lowest BCUT2D eigenvalue weighted by Crippen LogP contribution is -2.31. The molecule has 7 heteroatoms. The molecule has 3 amide bonds. The highest BCUT2D eigenvalue weighted by Crippen LogP contribution is 2.27. The first kappa shape index (κ1) is 22.3. The average Bonchev–Trinajstić information content (AvgIpc) is 3.01. The third-order valence-corrected chi connectivity index (χ3v) is 5.89. The molecular formula is C26H22ClN3O3. The number of halogens is 1. The van der Waals surface area contributed by atoms with Gasteiger partial charge in [-0.05, 0) is 54.8 Å². The molecule has 0 bridgehead atoms. The van der Waals surface area contributed by atoms with Gasteiger partial charge < -0.3 is 10.6 Å². The van der Waals surface area contributed by atoms with Crippen LogP contribution in [-0.4, -0.2) is 22.6 Å². The number of carbonyl (C=O) groups is 3. The second-order valence-corrected chi connectivity index (χ2v) is 8.16. The van der Waals surface area contributed by atoms with Gasteiger partial charge in [0.2, 0.25) is 0 Å². The van der Waals surface area contributed by atoms with Gasteiger partial charge in [0.1, 0.15) is 10.7 Å². The average molecular weight is 460 g/mol. The Morgan fingerprint density at radius 2 is 1.64 bits per heavy atom. The van der Waals surface area contributed by atoms with E-state index < -0.39 is 11.8 Å². The van der Waals surface area contributed by atoms with Crippen LogP contribution in [0.2, 0.25) is 0 Å². The highest BCUT2D eigenvalue weighted by atomic mass is 35.5. The van der Waals surface area contributed by atoms with Gasteiger partial charge in [-0.3, -0.25) is 19.3 Å². The van der Waals surface area contributed by atoms with Crippen molar-refractivity contribution >= 4 is 40.7 Å². The minimum absolute atomic E-state index is 0.00955. The fourth-order valence-electron chi connectivity index (χ4n) is 3.53. The van der Waals surface area contributed by atoms with E-state index in [4.69, 9.17) is 11.6 Å². The Balaban J connectivity index is 1.51. The van der Waals surface area contributed by atoms with Gasteiger partial charge in [0.05, 0.1) is 6.54 Å². The molecule has 1 aliphatic rings. The largest absolute Gasteiger partial charge is 0.350 e. The summed E-state index contributed by atoms with van der Waals surface area (Å²) in [5.74, 6) is -1.36. The minimum atomic E-state index is -0.558. The fourth-order valence-corrected chi connectivity index (χ4v) is 3.76. The lowest BCUT2D eigenvalue weighted by Gasteiger charge is -2.15. The van der Waals surface area contributed by atoms with Gasteiger partial charge >= 0.3 is 0 Å². The number of benzene rings is 3. The molecule has 2 N–H and O–H groups in total. The number of anilines is 2. The van der Waals surface area contributed by atoms with Crippen molar-refractivity contribution in [1.82, 2.24) is 4.90 Å². The normalized spacial score (nSPS) is 13.5. The minimum Gasteiger partial charge on any atom is -0.350 e. The summed E-state index contributed by atoms with van der Waals surface area (Å²) in [4.78, 5) is 39.3. The first-order chi connectivity index (χ1) is 15.8. The zero-order valence-corrected chi connectivity index (χ0v) is 18.9. The van der Waals surface area contributed by atoms with E-state index in [1.54, 1.807) is 24.3 Å². The highest BCUT2D eigenvalue weighted by Gasteiger charge is 2.37. The van der Waals surface area contributed by atoms with E-state index in [1.165, 1.54) is 0 Å².